The van der Waals surface area contributed by atoms with Crippen molar-refractivity contribution in [3.63, 3.8) is 0 Å². The molecule has 21 heavy (non-hydrogen) atoms. The van der Waals surface area contributed by atoms with Gasteiger partial charge in [-0.25, -0.2) is 14.1 Å². The molecule has 0 saturated carbocycles. The molecule has 0 unspecified atom stereocenters. The van der Waals surface area contributed by atoms with E-state index in [1.54, 1.807) is 23.1 Å². The molecule has 0 amide bonds. The summed E-state index contributed by atoms with van der Waals surface area (Å²) < 4.78 is 20.3. The molecular formula is C13H12FN5OS. The van der Waals surface area contributed by atoms with Crippen LogP contribution in [0.2, 0.25) is 0 Å². The standard InChI is InChI=1S/C13H12FN5OS/c1-2-19-13(16-17-18-19)21-8-11-7-20-12(15-11)9-4-3-5-10(14)6-9/h3-7H,2,8H2,1H3. The summed E-state index contributed by atoms with van der Waals surface area (Å²) in [5.74, 6) is 0.670. The molecule has 0 saturated heterocycles. The van der Waals surface area contributed by atoms with Crippen LogP contribution in [0.25, 0.3) is 11.5 Å². The van der Waals surface area contributed by atoms with Crippen LogP contribution in [0.1, 0.15) is 12.6 Å². The fourth-order valence-electron chi connectivity index (χ4n) is 1.76. The Hall–Kier alpha value is -2.22. The van der Waals surface area contributed by atoms with Gasteiger partial charge < -0.3 is 4.42 Å². The number of benzene rings is 1. The first-order valence-electron chi connectivity index (χ1n) is 6.35. The van der Waals surface area contributed by atoms with Crippen LogP contribution in [0.4, 0.5) is 4.39 Å². The van der Waals surface area contributed by atoms with Crippen LogP contribution in [0.3, 0.4) is 0 Å². The normalized spacial score (nSPS) is 11.0. The minimum atomic E-state index is -0.316. The maximum absolute atomic E-state index is 13.2. The predicted octanol–water partition coefficient (Wildman–Crippen LogP) is 2.78. The Labute approximate surface area is 124 Å². The number of hydrogen-bond donors (Lipinski definition) is 0. The molecule has 6 nitrogen and oxygen atoms in total. The van der Waals surface area contributed by atoms with Gasteiger partial charge >= 0.3 is 0 Å². The zero-order chi connectivity index (χ0) is 14.7. The molecule has 0 fully saturated rings. The van der Waals surface area contributed by atoms with Crippen LogP contribution in [-0.4, -0.2) is 25.2 Å². The van der Waals surface area contributed by atoms with Gasteiger partial charge in [0.2, 0.25) is 11.0 Å². The van der Waals surface area contributed by atoms with E-state index in [1.807, 2.05) is 6.92 Å². The van der Waals surface area contributed by atoms with E-state index in [2.05, 4.69) is 20.5 Å². The number of hydrogen-bond acceptors (Lipinski definition) is 6. The largest absolute Gasteiger partial charge is 0.444 e. The van der Waals surface area contributed by atoms with Crippen LogP contribution in [0.5, 0.6) is 0 Å². The van der Waals surface area contributed by atoms with E-state index in [-0.39, 0.29) is 5.82 Å². The number of rotatable bonds is 5. The zero-order valence-electron chi connectivity index (χ0n) is 11.2. The third-order valence-corrected chi connectivity index (χ3v) is 3.76. The van der Waals surface area contributed by atoms with Crippen molar-refractivity contribution in [3.8, 4) is 11.5 Å². The van der Waals surface area contributed by atoms with Crippen molar-refractivity contribution in [2.45, 2.75) is 24.4 Å². The van der Waals surface area contributed by atoms with Crippen LogP contribution in [-0.2, 0) is 12.3 Å². The first-order valence-corrected chi connectivity index (χ1v) is 7.34. The van der Waals surface area contributed by atoms with Crippen LogP contribution >= 0.6 is 11.8 Å². The maximum atomic E-state index is 13.2. The second kappa shape index (κ2) is 6.04. The summed E-state index contributed by atoms with van der Waals surface area (Å²) in [6.07, 6.45) is 1.56. The third-order valence-electron chi connectivity index (χ3n) is 2.77. The SMILES string of the molecule is CCn1nnnc1SCc1coc(-c2cccc(F)c2)n1. The predicted molar refractivity (Wildman–Crippen MR) is 74.9 cm³/mol. The summed E-state index contributed by atoms with van der Waals surface area (Å²) in [5, 5.41) is 12.1. The lowest BCUT2D eigenvalue weighted by molar-refractivity contribution is 0.571. The fraction of sp³-hybridized carbons (Fsp3) is 0.231. The van der Waals surface area contributed by atoms with E-state index in [0.29, 0.717) is 23.8 Å². The highest BCUT2D eigenvalue weighted by atomic mass is 32.2. The minimum absolute atomic E-state index is 0.316. The summed E-state index contributed by atoms with van der Waals surface area (Å²) in [4.78, 5) is 4.34. The number of thioether (sulfide) groups is 1. The lowest BCUT2D eigenvalue weighted by atomic mass is 10.2. The van der Waals surface area contributed by atoms with Crippen molar-refractivity contribution >= 4 is 11.8 Å². The zero-order valence-corrected chi connectivity index (χ0v) is 12.0. The van der Waals surface area contributed by atoms with E-state index in [0.717, 1.165) is 10.9 Å². The Morgan fingerprint density at radius 3 is 3.10 bits per heavy atom. The van der Waals surface area contributed by atoms with Crippen LogP contribution < -0.4 is 0 Å². The number of tetrazole rings is 1. The van der Waals surface area contributed by atoms with Gasteiger partial charge in [-0.15, -0.1) is 5.10 Å². The second-order valence-corrected chi connectivity index (χ2v) is 5.16. The highest BCUT2D eigenvalue weighted by Crippen LogP contribution is 2.23. The van der Waals surface area contributed by atoms with Crippen molar-refractivity contribution in [1.82, 2.24) is 25.2 Å². The first-order chi connectivity index (χ1) is 10.3. The quantitative estimate of drug-likeness (QED) is 0.675. The Morgan fingerprint density at radius 1 is 1.38 bits per heavy atom. The van der Waals surface area contributed by atoms with Gasteiger partial charge in [0.1, 0.15) is 12.1 Å². The molecule has 2 heterocycles. The van der Waals surface area contributed by atoms with Gasteiger partial charge in [0.25, 0.3) is 0 Å². The number of nitrogens with zero attached hydrogens (tertiary/aromatic N) is 5. The molecule has 0 N–H and O–H groups in total. The molecule has 0 atom stereocenters. The first kappa shape index (κ1) is 13.7. The fourth-order valence-corrected chi connectivity index (χ4v) is 2.58. The number of aryl methyl sites for hydroxylation is 1. The van der Waals surface area contributed by atoms with Crippen LogP contribution in [0.15, 0.2) is 40.1 Å². The van der Waals surface area contributed by atoms with Gasteiger partial charge in [0.05, 0.1) is 5.69 Å². The van der Waals surface area contributed by atoms with Gasteiger partial charge in [-0.1, -0.05) is 17.8 Å². The highest BCUT2D eigenvalue weighted by molar-refractivity contribution is 7.98. The molecule has 3 aromatic rings. The molecule has 0 aliphatic carbocycles. The average molecular weight is 305 g/mol. The van der Waals surface area contributed by atoms with Crippen molar-refractivity contribution in [1.29, 1.82) is 0 Å². The smallest absolute Gasteiger partial charge is 0.226 e. The van der Waals surface area contributed by atoms with E-state index in [1.165, 1.54) is 23.9 Å². The topological polar surface area (TPSA) is 69.6 Å². The van der Waals surface area contributed by atoms with E-state index < -0.39 is 0 Å². The Kier molecular flexibility index (Phi) is 3.96. The van der Waals surface area contributed by atoms with Crippen molar-refractivity contribution in [3.05, 3.63) is 42.0 Å². The van der Waals surface area contributed by atoms with Crippen molar-refractivity contribution < 1.29 is 8.81 Å². The Morgan fingerprint density at radius 2 is 2.29 bits per heavy atom. The van der Waals surface area contributed by atoms with Crippen molar-refractivity contribution in [2.24, 2.45) is 0 Å². The minimum Gasteiger partial charge on any atom is -0.444 e. The third kappa shape index (κ3) is 3.10. The number of aromatic nitrogens is 5. The molecule has 1 aromatic carbocycles. The van der Waals surface area contributed by atoms with E-state index >= 15 is 0 Å². The van der Waals surface area contributed by atoms with Gasteiger partial charge in [-0.3, -0.25) is 0 Å². The van der Waals surface area contributed by atoms with E-state index in [9.17, 15) is 4.39 Å². The Bertz CT molecular complexity index is 742. The summed E-state index contributed by atoms with van der Waals surface area (Å²) >= 11 is 1.47. The molecular weight excluding hydrogens is 293 g/mol. The maximum Gasteiger partial charge on any atom is 0.226 e. The number of oxazole rings is 1. The lowest BCUT2D eigenvalue weighted by Crippen LogP contribution is -1.98. The molecule has 0 bridgehead atoms. The molecule has 3 rings (SSSR count). The van der Waals surface area contributed by atoms with E-state index in [4.69, 9.17) is 4.42 Å². The molecule has 0 aliphatic rings. The van der Waals surface area contributed by atoms with Gasteiger partial charge in [0, 0.05) is 17.9 Å². The molecule has 8 heteroatoms. The number of halogens is 1. The summed E-state index contributed by atoms with van der Waals surface area (Å²) in [6.45, 7) is 2.68. The summed E-state index contributed by atoms with van der Waals surface area (Å²) in [7, 11) is 0. The van der Waals surface area contributed by atoms with Crippen molar-refractivity contribution in [2.75, 3.05) is 0 Å². The summed E-state index contributed by atoms with van der Waals surface area (Å²) in [6, 6.07) is 6.15. The van der Waals surface area contributed by atoms with Gasteiger partial charge in [-0.05, 0) is 35.5 Å². The molecule has 0 aliphatic heterocycles. The van der Waals surface area contributed by atoms with Gasteiger partial charge in [0.15, 0.2) is 0 Å². The molecule has 108 valence electrons. The average Bonchev–Trinajstić information content (AvgIpc) is 3.14. The highest BCUT2D eigenvalue weighted by Gasteiger charge is 2.10. The van der Waals surface area contributed by atoms with Crippen LogP contribution in [0, 0.1) is 5.82 Å². The van der Waals surface area contributed by atoms with Gasteiger partial charge in [-0.2, -0.15) is 0 Å². The molecule has 0 spiro atoms. The molecule has 0 radical (unpaired) electrons. The molecule has 2 aromatic heterocycles. The Balaban J connectivity index is 1.71. The monoisotopic (exact) mass is 305 g/mol. The lowest BCUT2D eigenvalue weighted by Gasteiger charge is -1.98. The summed E-state index contributed by atoms with van der Waals surface area (Å²) in [5.41, 5.74) is 1.37. The second-order valence-electron chi connectivity index (χ2n) is 4.22.